The van der Waals surface area contributed by atoms with Crippen LogP contribution in [0, 0.1) is 11.8 Å². The number of hydrogen-bond acceptors (Lipinski definition) is 5. The zero-order chi connectivity index (χ0) is 24.3. The molecule has 1 heterocycles. The Labute approximate surface area is 201 Å². The molecule has 0 radical (unpaired) electrons. The minimum Gasteiger partial charge on any atom is -0.493 e. The summed E-state index contributed by atoms with van der Waals surface area (Å²) in [7, 11) is 1.36. The van der Waals surface area contributed by atoms with Crippen molar-refractivity contribution in [3.05, 3.63) is 66.2 Å². The van der Waals surface area contributed by atoms with Crippen LogP contribution in [-0.2, 0) is 25.7 Å². The van der Waals surface area contributed by atoms with E-state index in [1.54, 1.807) is 16.7 Å². The van der Waals surface area contributed by atoms with Gasteiger partial charge in [-0.05, 0) is 30.5 Å². The molecule has 2 unspecified atom stereocenters. The van der Waals surface area contributed by atoms with Gasteiger partial charge in [-0.15, -0.1) is 0 Å². The first-order valence-corrected chi connectivity index (χ1v) is 11.8. The van der Waals surface area contributed by atoms with Gasteiger partial charge in [0.1, 0.15) is 5.75 Å². The van der Waals surface area contributed by atoms with Crippen LogP contribution in [0.4, 0.5) is 0 Å². The highest BCUT2D eigenvalue weighted by Crippen LogP contribution is 2.22. The van der Waals surface area contributed by atoms with Gasteiger partial charge in [-0.2, -0.15) is 0 Å². The van der Waals surface area contributed by atoms with Crippen molar-refractivity contribution in [3.8, 4) is 5.75 Å². The summed E-state index contributed by atoms with van der Waals surface area (Å²) in [6, 6.07) is 19.1. The average Bonchev–Trinajstić information content (AvgIpc) is 2.88. The summed E-state index contributed by atoms with van der Waals surface area (Å²) in [6.07, 6.45) is 1.76. The van der Waals surface area contributed by atoms with Crippen LogP contribution in [0.5, 0.6) is 5.75 Å². The molecular weight excluding hydrogens is 432 g/mol. The molecule has 7 heteroatoms. The van der Waals surface area contributed by atoms with Crippen LogP contribution in [0.15, 0.2) is 60.7 Å². The number of piperidine rings is 1. The molecule has 2 aromatic rings. The highest BCUT2D eigenvalue weighted by Gasteiger charge is 2.32. The quantitative estimate of drug-likeness (QED) is 0.501. The first-order chi connectivity index (χ1) is 16.5. The number of benzene rings is 2. The zero-order valence-corrected chi connectivity index (χ0v) is 20.0. The Morgan fingerprint density at radius 2 is 1.74 bits per heavy atom. The van der Waals surface area contributed by atoms with E-state index in [1.807, 2.05) is 60.7 Å². The molecule has 182 valence electrons. The SMILES string of the molecule is COC(=O)C(C)CN(Cc1ccccc1)C(=O)C1CCCN(C(=O)CCOc2ccccc2)C1. The van der Waals surface area contributed by atoms with E-state index >= 15 is 0 Å². The van der Waals surface area contributed by atoms with Crippen molar-refractivity contribution in [1.29, 1.82) is 0 Å². The third-order valence-electron chi connectivity index (χ3n) is 6.08. The van der Waals surface area contributed by atoms with E-state index in [0.29, 0.717) is 26.2 Å². The molecule has 34 heavy (non-hydrogen) atoms. The Morgan fingerprint density at radius 3 is 2.41 bits per heavy atom. The van der Waals surface area contributed by atoms with E-state index in [4.69, 9.17) is 9.47 Å². The number of carbonyl (C=O) groups excluding carboxylic acids is 3. The second kappa shape index (κ2) is 12.8. The van der Waals surface area contributed by atoms with Crippen LogP contribution in [0.3, 0.4) is 0 Å². The van der Waals surface area contributed by atoms with Crippen LogP contribution >= 0.6 is 0 Å². The molecule has 1 aliphatic heterocycles. The predicted molar refractivity (Wildman–Crippen MR) is 129 cm³/mol. The van der Waals surface area contributed by atoms with Crippen LogP contribution in [-0.4, -0.2) is 60.9 Å². The van der Waals surface area contributed by atoms with Gasteiger partial charge in [0.25, 0.3) is 0 Å². The average molecular weight is 467 g/mol. The van der Waals surface area contributed by atoms with E-state index in [-0.39, 0.29) is 36.7 Å². The molecule has 2 aromatic carbocycles. The highest BCUT2D eigenvalue weighted by molar-refractivity contribution is 5.82. The van der Waals surface area contributed by atoms with Gasteiger partial charge in [-0.3, -0.25) is 14.4 Å². The first kappa shape index (κ1) is 25.3. The maximum Gasteiger partial charge on any atom is 0.310 e. The Kier molecular flexibility index (Phi) is 9.50. The van der Waals surface area contributed by atoms with Gasteiger partial charge < -0.3 is 19.3 Å². The lowest BCUT2D eigenvalue weighted by Gasteiger charge is -2.35. The molecule has 0 N–H and O–H groups in total. The van der Waals surface area contributed by atoms with Crippen molar-refractivity contribution < 1.29 is 23.9 Å². The summed E-state index contributed by atoms with van der Waals surface area (Å²) in [4.78, 5) is 41.8. The topological polar surface area (TPSA) is 76.2 Å². The number of likely N-dealkylation sites (tertiary alicyclic amines) is 1. The van der Waals surface area contributed by atoms with Crippen molar-refractivity contribution in [2.75, 3.05) is 33.4 Å². The number of esters is 1. The fraction of sp³-hybridized carbons (Fsp3) is 0.444. The third kappa shape index (κ3) is 7.33. The highest BCUT2D eigenvalue weighted by atomic mass is 16.5. The van der Waals surface area contributed by atoms with Gasteiger partial charge in [-0.1, -0.05) is 55.5 Å². The van der Waals surface area contributed by atoms with E-state index in [0.717, 1.165) is 24.2 Å². The van der Waals surface area contributed by atoms with Gasteiger partial charge in [0.15, 0.2) is 0 Å². The number of para-hydroxylation sites is 1. The summed E-state index contributed by atoms with van der Waals surface area (Å²) in [5.41, 5.74) is 0.995. The predicted octanol–water partition coefficient (Wildman–Crippen LogP) is 3.53. The first-order valence-electron chi connectivity index (χ1n) is 11.8. The minimum atomic E-state index is -0.436. The lowest BCUT2D eigenvalue weighted by molar-refractivity contribution is -0.147. The summed E-state index contributed by atoms with van der Waals surface area (Å²) >= 11 is 0. The molecule has 7 nitrogen and oxygen atoms in total. The number of nitrogens with zero attached hydrogens (tertiary/aromatic N) is 2. The van der Waals surface area contributed by atoms with Crippen LogP contribution in [0.2, 0.25) is 0 Å². The molecule has 3 rings (SSSR count). The van der Waals surface area contributed by atoms with E-state index in [2.05, 4.69) is 0 Å². The second-order valence-electron chi connectivity index (χ2n) is 8.72. The molecule has 0 aliphatic carbocycles. The van der Waals surface area contributed by atoms with Crippen LogP contribution < -0.4 is 4.74 Å². The number of ether oxygens (including phenoxy) is 2. The number of carbonyl (C=O) groups is 3. The largest absolute Gasteiger partial charge is 0.493 e. The Bertz CT molecular complexity index is 935. The maximum atomic E-state index is 13.5. The summed E-state index contributed by atoms with van der Waals surface area (Å²) in [5, 5.41) is 0. The minimum absolute atomic E-state index is 0.00836. The Morgan fingerprint density at radius 1 is 1.06 bits per heavy atom. The van der Waals surface area contributed by atoms with Gasteiger partial charge >= 0.3 is 5.97 Å². The summed E-state index contributed by atoms with van der Waals surface area (Å²) in [6.45, 7) is 3.79. The molecule has 0 saturated carbocycles. The molecule has 2 amide bonds. The fourth-order valence-electron chi connectivity index (χ4n) is 4.24. The number of rotatable bonds is 10. The zero-order valence-electron chi connectivity index (χ0n) is 20.0. The third-order valence-corrected chi connectivity index (χ3v) is 6.08. The van der Waals surface area contributed by atoms with Crippen LogP contribution in [0.25, 0.3) is 0 Å². The van der Waals surface area contributed by atoms with E-state index < -0.39 is 5.92 Å². The molecular formula is C27H34N2O5. The normalized spacial score (nSPS) is 16.4. The van der Waals surface area contributed by atoms with Gasteiger partial charge in [0.2, 0.25) is 11.8 Å². The van der Waals surface area contributed by atoms with Gasteiger partial charge in [-0.25, -0.2) is 0 Å². The molecule has 1 saturated heterocycles. The van der Waals surface area contributed by atoms with Gasteiger partial charge in [0, 0.05) is 26.2 Å². The fourth-order valence-corrected chi connectivity index (χ4v) is 4.24. The number of methoxy groups -OCH3 is 1. The lowest BCUT2D eigenvalue weighted by atomic mass is 9.95. The Balaban J connectivity index is 1.60. The summed E-state index contributed by atoms with van der Waals surface area (Å²) in [5.74, 6) is -0.373. The van der Waals surface area contributed by atoms with Crippen molar-refractivity contribution in [1.82, 2.24) is 9.80 Å². The second-order valence-corrected chi connectivity index (χ2v) is 8.72. The molecule has 0 aromatic heterocycles. The van der Waals surface area contributed by atoms with Crippen molar-refractivity contribution in [3.63, 3.8) is 0 Å². The van der Waals surface area contributed by atoms with Gasteiger partial charge in [0.05, 0.1) is 32.0 Å². The Hall–Kier alpha value is -3.35. The lowest BCUT2D eigenvalue weighted by Crippen LogP contribution is -2.48. The van der Waals surface area contributed by atoms with Crippen molar-refractivity contribution >= 4 is 17.8 Å². The smallest absolute Gasteiger partial charge is 0.310 e. The number of amides is 2. The van der Waals surface area contributed by atoms with Crippen LogP contribution in [0.1, 0.15) is 31.7 Å². The van der Waals surface area contributed by atoms with Crippen molar-refractivity contribution in [2.45, 2.75) is 32.7 Å². The van der Waals surface area contributed by atoms with E-state index in [1.165, 1.54) is 7.11 Å². The maximum absolute atomic E-state index is 13.5. The molecule has 0 bridgehead atoms. The van der Waals surface area contributed by atoms with E-state index in [9.17, 15) is 14.4 Å². The van der Waals surface area contributed by atoms with Crippen molar-refractivity contribution in [2.24, 2.45) is 11.8 Å². The molecule has 1 fully saturated rings. The molecule has 1 aliphatic rings. The summed E-state index contributed by atoms with van der Waals surface area (Å²) < 4.78 is 10.5. The molecule has 2 atom stereocenters. The molecule has 0 spiro atoms. The monoisotopic (exact) mass is 466 g/mol. The standard InChI is InChI=1S/C27H34N2O5/c1-21(27(32)33-2)18-29(19-22-10-5-3-6-11-22)26(31)23-12-9-16-28(20-23)25(30)15-17-34-24-13-7-4-8-14-24/h3-8,10-11,13-14,21,23H,9,12,15-20H2,1-2H3. The number of hydrogen-bond donors (Lipinski definition) is 0.